The van der Waals surface area contributed by atoms with Crippen LogP contribution in [0, 0.1) is 20.8 Å². The summed E-state index contributed by atoms with van der Waals surface area (Å²) in [5.41, 5.74) is 4.34. The van der Waals surface area contributed by atoms with Gasteiger partial charge in [-0.25, -0.2) is 9.97 Å². The zero-order valence-corrected chi connectivity index (χ0v) is 19.7. The van der Waals surface area contributed by atoms with Gasteiger partial charge in [0, 0.05) is 34.2 Å². The molecule has 3 aromatic heterocycles. The summed E-state index contributed by atoms with van der Waals surface area (Å²) < 4.78 is 5.48. The maximum atomic E-state index is 12.3. The number of hydrogen-bond acceptors (Lipinski definition) is 6. The summed E-state index contributed by atoms with van der Waals surface area (Å²) in [5, 5.41) is 2.03. The van der Waals surface area contributed by atoms with Gasteiger partial charge in [0.2, 0.25) is 5.43 Å². The Morgan fingerprint density at radius 2 is 1.90 bits per heavy atom. The zero-order valence-electron chi connectivity index (χ0n) is 18.1. The molecule has 0 bridgehead atoms. The van der Waals surface area contributed by atoms with Crippen LogP contribution in [0.15, 0.2) is 46.3 Å². The quantitative estimate of drug-likeness (QED) is 0.273. The maximum Gasteiger partial charge on any atom is 0.223 e. The van der Waals surface area contributed by atoms with Crippen LogP contribution in [-0.2, 0) is 5.75 Å². The van der Waals surface area contributed by atoms with Crippen LogP contribution in [-0.4, -0.2) is 21.6 Å². The number of pyridine rings is 1. The second-order valence-electron chi connectivity index (χ2n) is 7.48. The fraction of sp³-hybridized carbons (Fsp3) is 0.292. The fourth-order valence-corrected chi connectivity index (χ4v) is 5.56. The molecule has 0 aliphatic rings. The smallest absolute Gasteiger partial charge is 0.223 e. The van der Waals surface area contributed by atoms with E-state index in [1.165, 1.54) is 21.6 Å². The molecule has 1 N–H and O–H groups in total. The van der Waals surface area contributed by atoms with E-state index in [4.69, 9.17) is 9.72 Å². The summed E-state index contributed by atoms with van der Waals surface area (Å²) in [5.74, 6) is 1.73. The molecular weight excluding hydrogens is 426 g/mol. The number of rotatable bonds is 7. The minimum Gasteiger partial charge on any atom is -0.488 e. The van der Waals surface area contributed by atoms with Crippen molar-refractivity contribution in [1.29, 1.82) is 0 Å². The third kappa shape index (κ3) is 4.67. The average molecular weight is 452 g/mol. The molecule has 0 saturated carbocycles. The molecule has 3 heterocycles. The molecule has 4 aromatic rings. The molecule has 0 amide bonds. The molecule has 4 rings (SSSR count). The summed E-state index contributed by atoms with van der Waals surface area (Å²) in [6, 6.07) is 10.2. The third-order valence-corrected chi connectivity index (χ3v) is 6.93. The van der Waals surface area contributed by atoms with Crippen molar-refractivity contribution in [3.63, 3.8) is 0 Å². The van der Waals surface area contributed by atoms with Crippen LogP contribution < -0.4 is 10.2 Å². The minimum atomic E-state index is -0.0986. The lowest BCUT2D eigenvalue weighted by atomic mass is 10.0. The molecule has 0 atom stereocenters. The molecule has 1 aromatic carbocycles. The van der Waals surface area contributed by atoms with Crippen LogP contribution in [0.4, 0.5) is 0 Å². The van der Waals surface area contributed by atoms with Crippen LogP contribution >= 0.6 is 23.1 Å². The lowest BCUT2D eigenvalue weighted by Gasteiger charge is -2.09. The van der Waals surface area contributed by atoms with Crippen molar-refractivity contribution in [2.75, 3.05) is 6.61 Å². The van der Waals surface area contributed by atoms with Gasteiger partial charge in [0.05, 0.1) is 12.0 Å². The molecule has 160 valence electrons. The normalized spacial score (nSPS) is 11.2. The summed E-state index contributed by atoms with van der Waals surface area (Å²) >= 11 is 3.32. The Kier molecular flexibility index (Phi) is 6.43. The third-order valence-electron chi connectivity index (χ3n) is 4.91. The largest absolute Gasteiger partial charge is 0.488 e. The van der Waals surface area contributed by atoms with Crippen molar-refractivity contribution < 1.29 is 4.74 Å². The molecular formula is C24H25N3O2S2. The number of ether oxygens (including phenoxy) is 1. The Hall–Kier alpha value is -2.64. The van der Waals surface area contributed by atoms with Crippen LogP contribution in [0.5, 0.6) is 5.75 Å². The Balaban J connectivity index is 1.68. The first kappa shape index (κ1) is 21.6. The molecule has 0 radical (unpaired) electrons. The summed E-state index contributed by atoms with van der Waals surface area (Å²) in [6.07, 6.45) is 2.52. The maximum absolute atomic E-state index is 12.3. The van der Waals surface area contributed by atoms with Gasteiger partial charge < -0.3 is 9.72 Å². The Morgan fingerprint density at radius 3 is 2.61 bits per heavy atom. The molecule has 0 saturated heterocycles. The molecule has 0 aliphatic carbocycles. The number of aromatic nitrogens is 3. The second kappa shape index (κ2) is 9.24. The predicted octanol–water partition coefficient (Wildman–Crippen LogP) is 6.05. The first-order chi connectivity index (χ1) is 15.0. The highest BCUT2D eigenvalue weighted by molar-refractivity contribution is 7.98. The molecule has 7 heteroatoms. The van der Waals surface area contributed by atoms with Crippen molar-refractivity contribution in [2.24, 2.45) is 0 Å². The van der Waals surface area contributed by atoms with E-state index >= 15 is 0 Å². The van der Waals surface area contributed by atoms with Gasteiger partial charge in [-0.3, -0.25) is 4.79 Å². The topological polar surface area (TPSA) is 67.9 Å². The standard InChI is InChI=1S/C24H25N3O2S2/c1-5-10-29-20-12-25-18(11-19(20)28)13-30-23-22-21(17-8-6-14(2)7-9-17)15(3)31-24(22)27-16(4)26-23/h6-9,11-12H,5,10,13H2,1-4H3,(H,25,28). The lowest BCUT2D eigenvalue weighted by Crippen LogP contribution is -2.09. The Morgan fingerprint density at radius 1 is 1.13 bits per heavy atom. The molecule has 5 nitrogen and oxygen atoms in total. The Bertz CT molecular complexity index is 1280. The number of hydrogen-bond donors (Lipinski definition) is 1. The molecule has 0 aliphatic heterocycles. The van der Waals surface area contributed by atoms with E-state index < -0.39 is 0 Å². The lowest BCUT2D eigenvalue weighted by molar-refractivity contribution is 0.313. The van der Waals surface area contributed by atoms with Gasteiger partial charge in [-0.2, -0.15) is 0 Å². The van der Waals surface area contributed by atoms with Gasteiger partial charge in [-0.1, -0.05) is 48.5 Å². The number of thioether (sulfide) groups is 1. The van der Waals surface area contributed by atoms with Crippen LogP contribution in [0.2, 0.25) is 0 Å². The number of aryl methyl sites for hydroxylation is 3. The number of nitrogens with one attached hydrogen (secondary N) is 1. The molecule has 0 unspecified atom stereocenters. The first-order valence-electron chi connectivity index (χ1n) is 10.3. The molecule has 0 spiro atoms. The van der Waals surface area contributed by atoms with Gasteiger partial charge in [0.1, 0.15) is 15.7 Å². The van der Waals surface area contributed by atoms with Gasteiger partial charge in [0.15, 0.2) is 5.75 Å². The van der Waals surface area contributed by atoms with Gasteiger partial charge in [0.25, 0.3) is 0 Å². The van der Waals surface area contributed by atoms with Crippen LogP contribution in [0.1, 0.15) is 35.3 Å². The van der Waals surface area contributed by atoms with Gasteiger partial charge in [-0.15, -0.1) is 11.3 Å². The number of fused-ring (bicyclic) bond motifs is 1. The Labute approximate surface area is 189 Å². The monoisotopic (exact) mass is 451 g/mol. The average Bonchev–Trinajstić information content (AvgIpc) is 3.07. The van der Waals surface area contributed by atoms with E-state index in [2.05, 4.69) is 48.1 Å². The van der Waals surface area contributed by atoms with Crippen LogP contribution in [0.3, 0.4) is 0 Å². The van der Waals surface area contributed by atoms with Crippen LogP contribution in [0.25, 0.3) is 21.3 Å². The van der Waals surface area contributed by atoms with Gasteiger partial charge >= 0.3 is 0 Å². The van der Waals surface area contributed by atoms with E-state index in [0.717, 1.165) is 33.2 Å². The van der Waals surface area contributed by atoms with E-state index in [9.17, 15) is 4.79 Å². The van der Waals surface area contributed by atoms with Crippen molar-refractivity contribution in [3.8, 4) is 16.9 Å². The zero-order chi connectivity index (χ0) is 22.0. The first-order valence-corrected chi connectivity index (χ1v) is 12.1. The molecule has 31 heavy (non-hydrogen) atoms. The number of nitrogens with zero attached hydrogens (tertiary/aromatic N) is 2. The number of H-pyrrole nitrogens is 1. The van der Waals surface area contributed by atoms with Crippen molar-refractivity contribution in [2.45, 2.75) is 44.9 Å². The van der Waals surface area contributed by atoms with Crippen molar-refractivity contribution in [1.82, 2.24) is 15.0 Å². The summed E-state index contributed by atoms with van der Waals surface area (Å²) in [4.78, 5) is 27.2. The minimum absolute atomic E-state index is 0.0986. The summed E-state index contributed by atoms with van der Waals surface area (Å²) in [6.45, 7) is 8.70. The number of benzene rings is 1. The van der Waals surface area contributed by atoms with E-state index in [1.807, 2.05) is 13.8 Å². The van der Waals surface area contributed by atoms with E-state index in [1.54, 1.807) is 35.4 Å². The fourth-order valence-electron chi connectivity index (χ4n) is 3.41. The predicted molar refractivity (Wildman–Crippen MR) is 129 cm³/mol. The number of aromatic amines is 1. The summed E-state index contributed by atoms with van der Waals surface area (Å²) in [7, 11) is 0. The highest BCUT2D eigenvalue weighted by atomic mass is 32.2. The van der Waals surface area contributed by atoms with Crippen molar-refractivity contribution >= 4 is 33.3 Å². The van der Waals surface area contributed by atoms with Crippen molar-refractivity contribution in [3.05, 3.63) is 68.7 Å². The SMILES string of the molecule is CCCOc1c[nH]c(CSc2nc(C)nc3sc(C)c(-c4ccc(C)cc4)c23)cc1=O. The van der Waals surface area contributed by atoms with E-state index in [0.29, 0.717) is 18.1 Å². The highest BCUT2D eigenvalue weighted by Crippen LogP contribution is 2.42. The van der Waals surface area contributed by atoms with E-state index in [-0.39, 0.29) is 5.43 Å². The van der Waals surface area contributed by atoms with Gasteiger partial charge in [-0.05, 0) is 32.8 Å². The second-order valence-corrected chi connectivity index (χ2v) is 9.65. The highest BCUT2D eigenvalue weighted by Gasteiger charge is 2.18. The molecule has 0 fully saturated rings. The number of thiophene rings is 1.